The minimum Gasteiger partial charge on any atom is -0.468 e. The van der Waals surface area contributed by atoms with E-state index in [1.165, 1.54) is 7.11 Å². The zero-order valence-corrected chi connectivity index (χ0v) is 23.1. The molecule has 0 aliphatic heterocycles. The van der Waals surface area contributed by atoms with Crippen LogP contribution in [0.3, 0.4) is 0 Å². The van der Waals surface area contributed by atoms with Crippen molar-refractivity contribution in [3.63, 3.8) is 0 Å². The van der Waals surface area contributed by atoms with E-state index in [-0.39, 0.29) is 25.0 Å². The maximum absolute atomic E-state index is 12.9. The number of carbonyl (C=O) groups excluding carboxylic acids is 5. The van der Waals surface area contributed by atoms with Crippen LogP contribution in [0.5, 0.6) is 0 Å². The topological polar surface area (TPSA) is 163 Å². The molecule has 0 aromatic rings. The van der Waals surface area contributed by atoms with Gasteiger partial charge in [-0.1, -0.05) is 12.8 Å². The maximum atomic E-state index is 12.9. The van der Waals surface area contributed by atoms with E-state index in [4.69, 9.17) is 15.2 Å². The average molecular weight is 552 g/mol. The van der Waals surface area contributed by atoms with Crippen LogP contribution >= 0.6 is 0 Å². The number of hydrogen-bond acceptors (Lipinski definition) is 9. The summed E-state index contributed by atoms with van der Waals surface area (Å²) in [6.07, 6.45) is 13.1. The van der Waals surface area contributed by atoms with E-state index in [2.05, 4.69) is 15.4 Å². The molecule has 0 aromatic carbocycles. The molecular formula is C28H45N3O8. The van der Waals surface area contributed by atoms with Crippen molar-refractivity contribution < 1.29 is 38.2 Å². The summed E-state index contributed by atoms with van der Waals surface area (Å²) in [5.74, 6) is -2.56. The molecule has 4 N–H and O–H groups in total. The summed E-state index contributed by atoms with van der Waals surface area (Å²) >= 11 is 0. The third kappa shape index (κ3) is 13.6. The van der Waals surface area contributed by atoms with Gasteiger partial charge in [0.15, 0.2) is 0 Å². The Labute approximate surface area is 230 Å². The van der Waals surface area contributed by atoms with E-state index < -0.39 is 41.8 Å². The first-order valence-corrected chi connectivity index (χ1v) is 14.3. The van der Waals surface area contributed by atoms with Gasteiger partial charge in [-0.3, -0.25) is 19.2 Å². The van der Waals surface area contributed by atoms with Crippen LogP contribution < -0.4 is 16.4 Å². The van der Waals surface area contributed by atoms with Gasteiger partial charge in [-0.15, -0.1) is 0 Å². The number of nitrogens with two attached hydrogens (primary N) is 1. The summed E-state index contributed by atoms with van der Waals surface area (Å²) in [7, 11) is 1.28. The summed E-state index contributed by atoms with van der Waals surface area (Å²) in [6, 6.07) is -1.72. The molecule has 2 aliphatic rings. The predicted octanol–water partition coefficient (Wildman–Crippen LogP) is 2.35. The Hall–Kier alpha value is -2.95. The Balaban J connectivity index is 1.80. The molecular weight excluding hydrogens is 506 g/mol. The Kier molecular flexibility index (Phi) is 15.2. The maximum Gasteiger partial charge on any atom is 0.328 e. The molecule has 2 atom stereocenters. The smallest absolute Gasteiger partial charge is 0.328 e. The number of ether oxygens (including phenoxy) is 3. The lowest BCUT2D eigenvalue weighted by atomic mass is 9.97. The number of carbonyl (C=O) groups is 5. The van der Waals surface area contributed by atoms with Crippen molar-refractivity contribution in [1.82, 2.24) is 10.6 Å². The van der Waals surface area contributed by atoms with Crippen molar-refractivity contribution in [3.05, 3.63) is 12.2 Å². The zero-order valence-electron chi connectivity index (χ0n) is 23.1. The molecule has 2 unspecified atom stereocenters. The molecule has 0 bridgehead atoms. The van der Waals surface area contributed by atoms with Crippen molar-refractivity contribution in [2.45, 2.75) is 121 Å². The molecule has 2 amide bonds. The Morgan fingerprint density at radius 2 is 1.38 bits per heavy atom. The van der Waals surface area contributed by atoms with Gasteiger partial charge >= 0.3 is 17.9 Å². The van der Waals surface area contributed by atoms with Crippen molar-refractivity contribution in [1.29, 1.82) is 0 Å². The van der Waals surface area contributed by atoms with Crippen molar-refractivity contribution in [3.8, 4) is 0 Å². The highest BCUT2D eigenvalue weighted by Crippen LogP contribution is 2.22. The van der Waals surface area contributed by atoms with Crippen LogP contribution in [0.2, 0.25) is 0 Å². The van der Waals surface area contributed by atoms with Gasteiger partial charge in [-0.25, -0.2) is 4.79 Å². The van der Waals surface area contributed by atoms with Crippen molar-refractivity contribution >= 4 is 29.7 Å². The highest BCUT2D eigenvalue weighted by molar-refractivity contribution is 5.98. The minimum absolute atomic E-state index is 0.0228. The third-order valence-corrected chi connectivity index (χ3v) is 7.05. The number of amides is 2. The lowest BCUT2D eigenvalue weighted by Gasteiger charge is -2.25. The van der Waals surface area contributed by atoms with Gasteiger partial charge in [-0.05, 0) is 77.0 Å². The van der Waals surface area contributed by atoms with Crippen LogP contribution in [0.25, 0.3) is 0 Å². The van der Waals surface area contributed by atoms with Crippen molar-refractivity contribution in [2.75, 3.05) is 13.7 Å². The second kappa shape index (κ2) is 18.4. The number of hydrogen-bond donors (Lipinski definition) is 3. The first-order valence-electron chi connectivity index (χ1n) is 14.3. The van der Waals surface area contributed by atoms with E-state index in [1.807, 2.05) is 0 Å². The molecule has 2 rings (SSSR count). The normalized spacial score (nSPS) is 18.1. The second-order valence-electron chi connectivity index (χ2n) is 10.3. The Morgan fingerprint density at radius 3 is 2.00 bits per heavy atom. The number of rotatable bonds is 15. The summed E-state index contributed by atoms with van der Waals surface area (Å²) in [5.41, 5.74) is 5.67. The molecule has 11 heteroatoms. The van der Waals surface area contributed by atoms with E-state index in [0.29, 0.717) is 25.8 Å². The molecule has 2 saturated carbocycles. The predicted molar refractivity (Wildman–Crippen MR) is 143 cm³/mol. The highest BCUT2D eigenvalue weighted by Gasteiger charge is 2.27. The fourth-order valence-corrected chi connectivity index (χ4v) is 4.77. The SMILES string of the molecule is COC(=O)C(N)CCCCNC(=O)/C=C/C(=O)NC(CCC(=O)OC1CCCCC1)C(=O)OC1CCCCC1. The van der Waals surface area contributed by atoms with Crippen LogP contribution in [-0.2, 0) is 38.2 Å². The molecule has 0 heterocycles. The fourth-order valence-electron chi connectivity index (χ4n) is 4.77. The quantitative estimate of drug-likeness (QED) is 0.120. The van der Waals surface area contributed by atoms with Crippen LogP contribution in [0, 0.1) is 0 Å². The Bertz CT molecular complexity index is 835. The lowest BCUT2D eigenvalue weighted by molar-refractivity contribution is -0.155. The zero-order chi connectivity index (χ0) is 28.5. The fraction of sp³-hybridized carbons (Fsp3) is 0.750. The molecule has 11 nitrogen and oxygen atoms in total. The van der Waals surface area contributed by atoms with E-state index in [9.17, 15) is 24.0 Å². The number of methoxy groups -OCH3 is 1. The molecule has 0 radical (unpaired) electrons. The molecule has 0 saturated heterocycles. The van der Waals surface area contributed by atoms with Gasteiger partial charge < -0.3 is 30.6 Å². The van der Waals surface area contributed by atoms with Crippen LogP contribution in [0.4, 0.5) is 0 Å². The molecule has 0 spiro atoms. The lowest BCUT2D eigenvalue weighted by Crippen LogP contribution is -2.43. The molecule has 2 aliphatic carbocycles. The first kappa shape index (κ1) is 32.3. The number of unbranched alkanes of at least 4 members (excludes halogenated alkanes) is 1. The van der Waals surface area contributed by atoms with E-state index >= 15 is 0 Å². The summed E-state index contributed by atoms with van der Waals surface area (Å²) < 4.78 is 15.7. The van der Waals surface area contributed by atoms with Gasteiger partial charge in [0.2, 0.25) is 11.8 Å². The molecule has 220 valence electrons. The largest absolute Gasteiger partial charge is 0.468 e. The van der Waals surface area contributed by atoms with Gasteiger partial charge in [-0.2, -0.15) is 0 Å². The molecule has 0 aromatic heterocycles. The highest BCUT2D eigenvalue weighted by atomic mass is 16.5. The van der Waals surface area contributed by atoms with Crippen LogP contribution in [0.15, 0.2) is 12.2 Å². The summed E-state index contributed by atoms with van der Waals surface area (Å²) in [6.45, 7) is 0.345. The minimum atomic E-state index is -1.02. The van der Waals surface area contributed by atoms with Crippen LogP contribution in [0.1, 0.15) is 96.3 Å². The number of nitrogens with one attached hydrogen (secondary N) is 2. The van der Waals surface area contributed by atoms with E-state index in [0.717, 1.165) is 76.4 Å². The van der Waals surface area contributed by atoms with Gasteiger partial charge in [0.1, 0.15) is 24.3 Å². The van der Waals surface area contributed by atoms with Gasteiger partial charge in [0.05, 0.1) is 7.11 Å². The number of esters is 3. The van der Waals surface area contributed by atoms with Crippen LogP contribution in [-0.4, -0.2) is 67.7 Å². The molecule has 39 heavy (non-hydrogen) atoms. The summed E-state index contributed by atoms with van der Waals surface area (Å²) in [5, 5.41) is 5.23. The third-order valence-electron chi connectivity index (χ3n) is 7.05. The molecule has 2 fully saturated rings. The van der Waals surface area contributed by atoms with Gasteiger partial charge in [0.25, 0.3) is 0 Å². The van der Waals surface area contributed by atoms with E-state index in [1.54, 1.807) is 0 Å². The monoisotopic (exact) mass is 551 g/mol. The Morgan fingerprint density at radius 1 is 0.795 bits per heavy atom. The standard InChI is InChI=1S/C28H45N3O8/c1-37-27(35)22(29)14-8-9-19-30-24(32)16-17-25(33)31-23(28(36)39-21-12-6-3-7-13-21)15-18-26(34)38-20-10-4-2-5-11-20/h16-17,20-23H,2-15,18-19,29H2,1H3,(H,30,32)(H,31,33)/b17-16+. The first-order chi connectivity index (χ1) is 18.8. The van der Waals surface area contributed by atoms with Crippen molar-refractivity contribution in [2.24, 2.45) is 5.73 Å². The van der Waals surface area contributed by atoms with Gasteiger partial charge in [0, 0.05) is 25.1 Å². The second-order valence-corrected chi connectivity index (χ2v) is 10.3. The average Bonchev–Trinajstić information content (AvgIpc) is 2.94. The summed E-state index contributed by atoms with van der Waals surface area (Å²) in [4.78, 5) is 61.1.